The van der Waals surface area contributed by atoms with Crippen LogP contribution in [0.2, 0.25) is 0 Å². The second-order valence-electron chi connectivity index (χ2n) is 7.64. The van der Waals surface area contributed by atoms with Crippen LogP contribution in [0.15, 0.2) is 48.5 Å². The van der Waals surface area contributed by atoms with Gasteiger partial charge in [-0.05, 0) is 73.3 Å². The van der Waals surface area contributed by atoms with E-state index < -0.39 is 0 Å². The van der Waals surface area contributed by atoms with Gasteiger partial charge in [0.2, 0.25) is 0 Å². The number of rotatable bonds is 5. The van der Waals surface area contributed by atoms with Crippen LogP contribution in [0, 0.1) is 17.2 Å². The van der Waals surface area contributed by atoms with Gasteiger partial charge in [0.25, 0.3) is 0 Å². The van der Waals surface area contributed by atoms with Crippen molar-refractivity contribution < 1.29 is 0 Å². The molecule has 0 aromatic heterocycles. The molecule has 1 heterocycles. The van der Waals surface area contributed by atoms with Crippen LogP contribution in [-0.2, 0) is 6.42 Å². The monoisotopic (exact) mass is 392 g/mol. The van der Waals surface area contributed by atoms with Gasteiger partial charge < -0.3 is 15.5 Å². The van der Waals surface area contributed by atoms with E-state index in [-0.39, 0.29) is 6.04 Å². The van der Waals surface area contributed by atoms with Crippen LogP contribution in [0.4, 0.5) is 11.4 Å². The van der Waals surface area contributed by atoms with Crippen molar-refractivity contribution in [2.45, 2.75) is 39.2 Å². The molecule has 3 rings (SSSR count). The van der Waals surface area contributed by atoms with Crippen LogP contribution < -0.4 is 15.5 Å². The Balaban J connectivity index is 1.54. The van der Waals surface area contributed by atoms with Crippen LogP contribution in [0.1, 0.15) is 43.9 Å². The summed E-state index contributed by atoms with van der Waals surface area (Å²) in [7, 11) is 0. The maximum atomic E-state index is 8.75. The van der Waals surface area contributed by atoms with E-state index in [2.05, 4.69) is 59.7 Å². The lowest BCUT2D eigenvalue weighted by atomic mass is 9.99. The molecule has 28 heavy (non-hydrogen) atoms. The number of hydrogen-bond donors (Lipinski definition) is 2. The average molecular weight is 393 g/mol. The number of nitrogens with zero attached hydrogens (tertiary/aromatic N) is 2. The Morgan fingerprint density at radius 1 is 1.21 bits per heavy atom. The van der Waals surface area contributed by atoms with Crippen molar-refractivity contribution in [3.8, 4) is 6.07 Å². The number of benzene rings is 2. The first-order valence-corrected chi connectivity index (χ1v) is 10.3. The second-order valence-corrected chi connectivity index (χ2v) is 8.05. The Bertz CT molecular complexity index is 823. The first-order chi connectivity index (χ1) is 13.5. The molecule has 1 aliphatic heterocycles. The van der Waals surface area contributed by atoms with E-state index in [0.717, 1.165) is 30.3 Å². The van der Waals surface area contributed by atoms with Gasteiger partial charge in [0.1, 0.15) is 0 Å². The highest BCUT2D eigenvalue weighted by molar-refractivity contribution is 7.80. The summed E-state index contributed by atoms with van der Waals surface area (Å²) in [6.45, 7) is 6.74. The first-order valence-electron chi connectivity index (χ1n) is 9.93. The zero-order valence-electron chi connectivity index (χ0n) is 16.6. The summed E-state index contributed by atoms with van der Waals surface area (Å²) in [4.78, 5) is 2.48. The van der Waals surface area contributed by atoms with Gasteiger partial charge in [0.05, 0.1) is 18.5 Å². The molecule has 0 aliphatic carbocycles. The van der Waals surface area contributed by atoms with Gasteiger partial charge in [-0.1, -0.05) is 31.2 Å². The molecule has 1 fully saturated rings. The molecule has 0 saturated carbocycles. The molecular formula is C23H28N4S. The Hall–Kier alpha value is -2.58. The Morgan fingerprint density at radius 3 is 2.57 bits per heavy atom. The fourth-order valence-electron chi connectivity index (χ4n) is 3.64. The van der Waals surface area contributed by atoms with Crippen molar-refractivity contribution >= 4 is 28.7 Å². The van der Waals surface area contributed by atoms with Crippen molar-refractivity contribution in [2.75, 3.05) is 23.3 Å². The summed E-state index contributed by atoms with van der Waals surface area (Å²) in [5.41, 5.74) is 4.44. The summed E-state index contributed by atoms with van der Waals surface area (Å²) >= 11 is 5.45. The van der Waals surface area contributed by atoms with E-state index >= 15 is 0 Å². The fraction of sp³-hybridized carbons (Fsp3) is 0.391. The van der Waals surface area contributed by atoms with Crippen molar-refractivity contribution in [2.24, 2.45) is 5.92 Å². The van der Waals surface area contributed by atoms with Crippen LogP contribution in [0.3, 0.4) is 0 Å². The van der Waals surface area contributed by atoms with Crippen molar-refractivity contribution in [1.82, 2.24) is 5.32 Å². The summed E-state index contributed by atoms with van der Waals surface area (Å²) in [5, 5.41) is 15.9. The van der Waals surface area contributed by atoms with Crippen LogP contribution in [0.5, 0.6) is 0 Å². The molecule has 146 valence electrons. The van der Waals surface area contributed by atoms with E-state index in [1.165, 1.54) is 24.1 Å². The number of thiocarbonyl (C=S) groups is 1. The van der Waals surface area contributed by atoms with E-state index in [1.807, 2.05) is 24.3 Å². The highest BCUT2D eigenvalue weighted by Crippen LogP contribution is 2.24. The van der Waals surface area contributed by atoms with Crippen molar-refractivity contribution in [3.63, 3.8) is 0 Å². The number of anilines is 2. The topological polar surface area (TPSA) is 51.1 Å². The van der Waals surface area contributed by atoms with Gasteiger partial charge in [-0.2, -0.15) is 5.26 Å². The highest BCUT2D eigenvalue weighted by Gasteiger charge is 2.17. The van der Waals surface area contributed by atoms with Gasteiger partial charge in [-0.3, -0.25) is 0 Å². The maximum Gasteiger partial charge on any atom is 0.171 e. The number of hydrogen-bond acceptors (Lipinski definition) is 3. The fourth-order valence-corrected chi connectivity index (χ4v) is 3.94. The molecule has 2 N–H and O–H groups in total. The molecule has 0 spiro atoms. The maximum absolute atomic E-state index is 8.75. The molecule has 0 amide bonds. The number of nitrogens with one attached hydrogen (secondary N) is 2. The van der Waals surface area contributed by atoms with Gasteiger partial charge in [-0.25, -0.2) is 0 Å². The lowest BCUT2D eigenvalue weighted by Crippen LogP contribution is -2.34. The second kappa shape index (κ2) is 9.57. The average Bonchev–Trinajstić information content (AvgIpc) is 2.70. The number of piperidine rings is 1. The minimum absolute atomic E-state index is 0.118. The normalized spacial score (nSPS) is 17.5. The predicted molar refractivity (Wildman–Crippen MR) is 121 cm³/mol. The van der Waals surface area contributed by atoms with E-state index in [9.17, 15) is 0 Å². The summed E-state index contributed by atoms with van der Waals surface area (Å²) < 4.78 is 0. The number of nitriles is 1. The van der Waals surface area contributed by atoms with Gasteiger partial charge in [0, 0.05) is 24.5 Å². The molecule has 2 aromatic rings. The predicted octanol–water partition coefficient (Wildman–Crippen LogP) is 5.04. The highest BCUT2D eigenvalue weighted by atomic mass is 32.1. The molecule has 0 radical (unpaired) electrons. The summed E-state index contributed by atoms with van der Waals surface area (Å²) in [5.74, 6) is 0.770. The van der Waals surface area contributed by atoms with Gasteiger partial charge in [0.15, 0.2) is 5.11 Å². The zero-order valence-corrected chi connectivity index (χ0v) is 17.4. The van der Waals surface area contributed by atoms with Crippen molar-refractivity contribution in [3.05, 3.63) is 59.7 Å². The van der Waals surface area contributed by atoms with E-state index in [0.29, 0.717) is 11.5 Å². The molecule has 5 heteroatoms. The Kier molecular flexibility index (Phi) is 6.89. The molecule has 0 bridgehead atoms. The lowest BCUT2D eigenvalue weighted by molar-refractivity contribution is 0.447. The van der Waals surface area contributed by atoms with Crippen molar-refractivity contribution in [1.29, 1.82) is 5.26 Å². The zero-order chi connectivity index (χ0) is 19.9. The molecule has 2 atom stereocenters. The van der Waals surface area contributed by atoms with Crippen LogP contribution in [0.25, 0.3) is 0 Å². The molecule has 1 aliphatic rings. The van der Waals surface area contributed by atoms with Gasteiger partial charge in [-0.15, -0.1) is 0 Å². The minimum atomic E-state index is 0.118. The molecule has 4 nitrogen and oxygen atoms in total. The summed E-state index contributed by atoms with van der Waals surface area (Å²) in [6, 6.07) is 18.9. The van der Waals surface area contributed by atoms with E-state index in [4.69, 9.17) is 17.5 Å². The SMILES string of the molecule is C[C@H]1CCCN(c2ccc([C@@H](C)NC(=S)Nc3ccc(CC#N)cc3)cc2)C1. The molecule has 2 aromatic carbocycles. The van der Waals surface area contributed by atoms with E-state index in [1.54, 1.807) is 0 Å². The Labute approximate surface area is 173 Å². The molecule has 1 saturated heterocycles. The minimum Gasteiger partial charge on any atom is -0.371 e. The Morgan fingerprint density at radius 2 is 1.93 bits per heavy atom. The largest absolute Gasteiger partial charge is 0.371 e. The van der Waals surface area contributed by atoms with Crippen LogP contribution >= 0.6 is 12.2 Å². The molecular weight excluding hydrogens is 364 g/mol. The van der Waals surface area contributed by atoms with Gasteiger partial charge >= 0.3 is 0 Å². The first kappa shape index (κ1) is 20.2. The quantitative estimate of drug-likeness (QED) is 0.699. The smallest absolute Gasteiger partial charge is 0.171 e. The third-order valence-corrected chi connectivity index (χ3v) is 5.48. The molecule has 0 unspecified atom stereocenters. The summed E-state index contributed by atoms with van der Waals surface area (Å²) in [6.07, 6.45) is 3.03. The third kappa shape index (κ3) is 5.46. The standard InChI is InChI=1S/C23H28N4S/c1-17-4-3-15-27(16-17)22-11-7-20(8-12-22)18(2)25-23(28)26-21-9-5-19(6-10-21)13-14-24/h5-12,17-18H,3-4,13,15-16H2,1-2H3,(H2,25,26,28)/t17-,18+/m0/s1. The lowest BCUT2D eigenvalue weighted by Gasteiger charge is -2.33. The van der Waals surface area contributed by atoms with Crippen LogP contribution in [-0.4, -0.2) is 18.2 Å². The third-order valence-electron chi connectivity index (χ3n) is 5.26.